The van der Waals surface area contributed by atoms with Gasteiger partial charge in [-0.25, -0.2) is 0 Å². The van der Waals surface area contributed by atoms with Gasteiger partial charge >= 0.3 is 0 Å². The number of hydrogen-bond donors (Lipinski definition) is 0. The second-order valence-electron chi connectivity index (χ2n) is 18.6. The van der Waals surface area contributed by atoms with Crippen LogP contribution in [-0.2, 0) is 5.41 Å². The first-order valence-corrected chi connectivity index (χ1v) is 24.4. The zero-order valence-corrected chi connectivity index (χ0v) is 38.5. The van der Waals surface area contributed by atoms with Crippen LogP contribution in [0.25, 0.3) is 44.7 Å². The van der Waals surface area contributed by atoms with E-state index in [1.54, 1.807) is 0 Å². The number of benzene rings is 9. The van der Waals surface area contributed by atoms with E-state index in [-0.39, 0.29) is 0 Å². The Labute approximate surface area is 405 Å². The van der Waals surface area contributed by atoms with Gasteiger partial charge in [-0.1, -0.05) is 188 Å². The van der Waals surface area contributed by atoms with Crippen molar-refractivity contribution in [1.82, 2.24) is 0 Å². The molecule has 0 aromatic heterocycles. The molecule has 328 valence electrons. The van der Waals surface area contributed by atoms with Crippen LogP contribution >= 0.6 is 0 Å². The lowest BCUT2D eigenvalue weighted by Gasteiger charge is -2.35. The van der Waals surface area contributed by atoms with Crippen molar-refractivity contribution in [2.45, 2.75) is 31.1 Å². The summed E-state index contributed by atoms with van der Waals surface area (Å²) in [5.41, 5.74) is 21.9. The molecule has 0 N–H and O–H groups in total. The number of allylic oxidation sites excluding steroid dienone is 9. The minimum atomic E-state index is -0.565. The molecule has 0 aliphatic heterocycles. The van der Waals surface area contributed by atoms with Crippen LogP contribution in [0.4, 0.5) is 28.4 Å². The molecule has 13 rings (SSSR count). The van der Waals surface area contributed by atoms with Gasteiger partial charge in [0.2, 0.25) is 0 Å². The lowest BCUT2D eigenvalue weighted by Crippen LogP contribution is -2.27. The highest BCUT2D eigenvalue weighted by atomic mass is 15.2. The molecule has 0 saturated heterocycles. The number of rotatable bonds is 9. The fourth-order valence-electron chi connectivity index (χ4n) is 11.7. The van der Waals surface area contributed by atoms with Gasteiger partial charge in [0.1, 0.15) is 0 Å². The molecule has 69 heavy (non-hydrogen) atoms. The standard InChI is InChI=1S/C67H50N2/c1-5-18-47(19-6-1)49-32-36-55(37-33-49)68(56-38-34-50(35-39-56)48-20-7-2-8-21-48)58-40-42-61-60-29-15-16-30-63(60)67(65(61)46-58)62-43-41-57(44-53(62)45-64(67)52-23-9-3-10-24-52)69(54-26-11-4-12-27-54)66-31-17-25-51-22-13-14-28-59(51)66/h1,3-7,9-34,36-38,40-46H,2,8,35,39H2. The van der Waals surface area contributed by atoms with Crippen molar-refractivity contribution in [3.8, 4) is 22.3 Å². The smallest absolute Gasteiger partial charge is 0.0726 e. The SMILES string of the molecule is C1=CC(C2=CC=C(N(c3ccc(-c4ccccc4)cc3)c3ccc4c(c3)C3(C(c5ccccc5)=Cc5cc(N(c6ccccc6)c6cccc7ccccc67)ccc53)c3ccccc3-4)CC2)=CCC1. The van der Waals surface area contributed by atoms with Crippen molar-refractivity contribution in [1.29, 1.82) is 0 Å². The molecule has 0 saturated carbocycles. The van der Waals surface area contributed by atoms with Crippen LogP contribution in [0.5, 0.6) is 0 Å². The van der Waals surface area contributed by atoms with Crippen LogP contribution in [0.2, 0.25) is 0 Å². The second kappa shape index (κ2) is 17.0. The highest BCUT2D eigenvalue weighted by Crippen LogP contribution is 2.63. The molecule has 4 aliphatic rings. The Morgan fingerprint density at radius 2 is 1.07 bits per heavy atom. The molecule has 9 aromatic rings. The maximum atomic E-state index is 2.53. The lowest BCUT2D eigenvalue weighted by molar-refractivity contribution is 0.839. The zero-order valence-electron chi connectivity index (χ0n) is 38.5. The first kappa shape index (κ1) is 40.8. The molecular formula is C67H50N2. The molecule has 2 nitrogen and oxygen atoms in total. The third-order valence-electron chi connectivity index (χ3n) is 14.8. The van der Waals surface area contributed by atoms with Crippen molar-refractivity contribution in [3.05, 3.63) is 293 Å². The van der Waals surface area contributed by atoms with E-state index >= 15 is 0 Å². The molecule has 1 unspecified atom stereocenters. The van der Waals surface area contributed by atoms with Crippen LogP contribution in [0.1, 0.15) is 53.5 Å². The topological polar surface area (TPSA) is 6.48 Å². The number of hydrogen-bond acceptors (Lipinski definition) is 2. The van der Waals surface area contributed by atoms with Gasteiger partial charge in [0.05, 0.1) is 11.1 Å². The van der Waals surface area contributed by atoms with Gasteiger partial charge in [-0.15, -0.1) is 0 Å². The zero-order chi connectivity index (χ0) is 45.7. The maximum Gasteiger partial charge on any atom is 0.0726 e. The van der Waals surface area contributed by atoms with Gasteiger partial charge in [0.25, 0.3) is 0 Å². The van der Waals surface area contributed by atoms with Gasteiger partial charge in [0, 0.05) is 33.8 Å². The first-order valence-electron chi connectivity index (χ1n) is 24.4. The molecule has 0 fully saturated rings. The molecular weight excluding hydrogens is 833 g/mol. The van der Waals surface area contributed by atoms with Crippen molar-refractivity contribution in [3.63, 3.8) is 0 Å². The Kier molecular flexibility index (Phi) is 10.1. The summed E-state index contributed by atoms with van der Waals surface area (Å²) in [7, 11) is 0. The molecule has 0 heterocycles. The molecule has 2 heteroatoms. The minimum absolute atomic E-state index is 0.565. The monoisotopic (exact) mass is 882 g/mol. The molecule has 0 bridgehead atoms. The fourth-order valence-corrected chi connectivity index (χ4v) is 11.7. The average Bonchev–Trinajstić information content (AvgIpc) is 3.92. The number of nitrogens with zero attached hydrogens (tertiary/aromatic N) is 2. The van der Waals surface area contributed by atoms with E-state index < -0.39 is 5.41 Å². The number of fused-ring (bicyclic) bond motifs is 8. The van der Waals surface area contributed by atoms with E-state index in [1.165, 1.54) is 83.3 Å². The molecule has 4 aliphatic carbocycles. The van der Waals surface area contributed by atoms with Crippen molar-refractivity contribution in [2.24, 2.45) is 0 Å². The van der Waals surface area contributed by atoms with Gasteiger partial charge < -0.3 is 9.80 Å². The van der Waals surface area contributed by atoms with E-state index in [1.807, 2.05) is 0 Å². The quantitative estimate of drug-likeness (QED) is 0.143. The van der Waals surface area contributed by atoms with Crippen LogP contribution in [0, 0.1) is 0 Å². The summed E-state index contributed by atoms with van der Waals surface area (Å²) in [6, 6.07) is 80.8. The molecule has 9 aromatic carbocycles. The van der Waals surface area contributed by atoms with Crippen LogP contribution in [0.15, 0.2) is 266 Å². The summed E-state index contributed by atoms with van der Waals surface area (Å²) < 4.78 is 0. The van der Waals surface area contributed by atoms with E-state index in [0.717, 1.165) is 54.1 Å². The predicted molar refractivity (Wildman–Crippen MR) is 291 cm³/mol. The third-order valence-corrected chi connectivity index (χ3v) is 14.8. The lowest BCUT2D eigenvalue weighted by atomic mass is 9.68. The van der Waals surface area contributed by atoms with Gasteiger partial charge in [-0.3, -0.25) is 0 Å². The predicted octanol–water partition coefficient (Wildman–Crippen LogP) is 17.9. The summed E-state index contributed by atoms with van der Waals surface area (Å²) >= 11 is 0. The third kappa shape index (κ3) is 6.86. The number of para-hydroxylation sites is 1. The Morgan fingerprint density at radius 3 is 1.86 bits per heavy atom. The van der Waals surface area contributed by atoms with E-state index in [2.05, 4.69) is 265 Å². The highest BCUT2D eigenvalue weighted by Gasteiger charge is 2.51. The van der Waals surface area contributed by atoms with Crippen LogP contribution in [-0.4, -0.2) is 0 Å². The second-order valence-corrected chi connectivity index (χ2v) is 18.6. The van der Waals surface area contributed by atoms with Crippen LogP contribution < -0.4 is 9.80 Å². The maximum absolute atomic E-state index is 2.53. The number of anilines is 5. The summed E-state index contributed by atoms with van der Waals surface area (Å²) in [5.74, 6) is 0. The van der Waals surface area contributed by atoms with Crippen molar-refractivity contribution in [2.75, 3.05) is 9.80 Å². The summed E-state index contributed by atoms with van der Waals surface area (Å²) in [5, 5.41) is 2.44. The highest BCUT2D eigenvalue weighted by molar-refractivity contribution is 6.07. The van der Waals surface area contributed by atoms with Gasteiger partial charge in [0.15, 0.2) is 0 Å². The minimum Gasteiger partial charge on any atom is -0.314 e. The van der Waals surface area contributed by atoms with Gasteiger partial charge in [-0.2, -0.15) is 0 Å². The normalized spacial score (nSPS) is 16.5. The van der Waals surface area contributed by atoms with Crippen LogP contribution in [0.3, 0.4) is 0 Å². The van der Waals surface area contributed by atoms with Gasteiger partial charge in [-0.05, 0) is 165 Å². The van der Waals surface area contributed by atoms with E-state index in [0.29, 0.717) is 0 Å². The Balaban J connectivity index is 1.01. The van der Waals surface area contributed by atoms with E-state index in [9.17, 15) is 0 Å². The molecule has 0 radical (unpaired) electrons. The molecule has 1 atom stereocenters. The Morgan fingerprint density at radius 1 is 0.420 bits per heavy atom. The fraction of sp³-hybridized carbons (Fsp3) is 0.0746. The molecule has 0 amide bonds. The molecule has 1 spiro atoms. The largest absolute Gasteiger partial charge is 0.314 e. The Bertz CT molecular complexity index is 3590. The summed E-state index contributed by atoms with van der Waals surface area (Å²) in [6.07, 6.45) is 18.4. The first-order chi connectivity index (χ1) is 34.2. The summed E-state index contributed by atoms with van der Waals surface area (Å²) in [4.78, 5) is 4.95. The van der Waals surface area contributed by atoms with E-state index in [4.69, 9.17) is 0 Å². The van der Waals surface area contributed by atoms with Crippen molar-refractivity contribution < 1.29 is 0 Å². The summed E-state index contributed by atoms with van der Waals surface area (Å²) in [6.45, 7) is 0. The van der Waals surface area contributed by atoms with Crippen molar-refractivity contribution >= 4 is 50.9 Å². The average molecular weight is 883 g/mol. The Hall–Kier alpha value is -8.46.